The molecular weight excluding hydrogens is 310 g/mol. The number of nitrogens with zero attached hydrogens (tertiary/aromatic N) is 2. The van der Waals surface area contributed by atoms with Crippen LogP contribution in [0, 0.1) is 0 Å². The normalized spacial score (nSPS) is 24.9. The fourth-order valence-electron chi connectivity index (χ4n) is 3.78. The minimum absolute atomic E-state index is 0.169. The first kappa shape index (κ1) is 17.0. The lowest BCUT2D eigenvalue weighted by atomic mass is 10.0. The molecule has 1 aromatic carbocycles. The summed E-state index contributed by atoms with van der Waals surface area (Å²) in [7, 11) is 0. The van der Waals surface area contributed by atoms with Crippen molar-refractivity contribution in [3.63, 3.8) is 0 Å². The molecule has 0 radical (unpaired) electrons. The van der Waals surface area contributed by atoms with Crippen LogP contribution in [0.15, 0.2) is 18.2 Å². The summed E-state index contributed by atoms with van der Waals surface area (Å²) in [6, 6.07) is 6.62. The highest BCUT2D eigenvalue weighted by Gasteiger charge is 2.28. The fourth-order valence-corrected chi connectivity index (χ4v) is 3.97. The summed E-state index contributed by atoms with van der Waals surface area (Å²) in [5.74, 6) is 0.169. The molecule has 0 bridgehead atoms. The molecule has 2 saturated heterocycles. The van der Waals surface area contributed by atoms with Crippen LogP contribution in [0.1, 0.15) is 37.8 Å². The van der Waals surface area contributed by atoms with Crippen molar-refractivity contribution in [1.29, 1.82) is 0 Å². The monoisotopic (exact) mass is 337 g/mol. The van der Waals surface area contributed by atoms with Crippen molar-refractivity contribution in [3.05, 3.63) is 28.8 Å². The van der Waals surface area contributed by atoms with Crippen LogP contribution in [-0.2, 0) is 0 Å². The molecule has 2 heterocycles. The van der Waals surface area contributed by atoms with Crippen LogP contribution >= 0.6 is 11.6 Å². The molecule has 0 spiro atoms. The Bertz CT molecular complexity index is 519. The van der Waals surface area contributed by atoms with E-state index in [1.54, 1.807) is 6.07 Å². The van der Waals surface area contributed by atoms with Crippen molar-refractivity contribution in [1.82, 2.24) is 15.1 Å². The maximum absolute atomic E-state index is 9.73. The Hall–Kier alpha value is -0.810. The quantitative estimate of drug-likeness (QED) is 0.866. The Balaban J connectivity index is 1.81. The number of halogens is 1. The van der Waals surface area contributed by atoms with Gasteiger partial charge in [-0.05, 0) is 50.0 Å². The summed E-state index contributed by atoms with van der Waals surface area (Å²) in [6.07, 6.45) is 3.77. The second kappa shape index (κ2) is 7.84. The van der Waals surface area contributed by atoms with Gasteiger partial charge in [0.2, 0.25) is 0 Å². The van der Waals surface area contributed by atoms with E-state index in [4.69, 9.17) is 11.6 Å². The number of benzene rings is 1. The van der Waals surface area contributed by atoms with Crippen LogP contribution in [0.25, 0.3) is 0 Å². The maximum Gasteiger partial charge on any atom is 0.134 e. The number of hydrogen-bond donors (Lipinski definition) is 2. The van der Waals surface area contributed by atoms with Crippen LogP contribution in [0.5, 0.6) is 5.75 Å². The van der Waals surface area contributed by atoms with Gasteiger partial charge in [-0.1, -0.05) is 24.6 Å². The largest absolute Gasteiger partial charge is 0.506 e. The van der Waals surface area contributed by atoms with E-state index < -0.39 is 0 Å². The third kappa shape index (κ3) is 4.18. The van der Waals surface area contributed by atoms with E-state index in [9.17, 15) is 5.11 Å². The van der Waals surface area contributed by atoms with Crippen LogP contribution < -0.4 is 5.32 Å². The van der Waals surface area contributed by atoms with Gasteiger partial charge in [-0.2, -0.15) is 0 Å². The molecule has 3 rings (SSSR count). The minimum Gasteiger partial charge on any atom is -0.506 e. The van der Waals surface area contributed by atoms with Crippen LogP contribution in [0.3, 0.4) is 0 Å². The molecule has 2 N–H and O–H groups in total. The van der Waals surface area contributed by atoms with Gasteiger partial charge in [0, 0.05) is 38.3 Å². The van der Waals surface area contributed by atoms with E-state index in [-0.39, 0.29) is 5.75 Å². The predicted molar refractivity (Wildman–Crippen MR) is 95.2 cm³/mol. The number of likely N-dealkylation sites (tertiary alicyclic amines) is 1. The summed E-state index contributed by atoms with van der Waals surface area (Å²) in [5.41, 5.74) is 1.22. The van der Waals surface area contributed by atoms with Gasteiger partial charge in [0.1, 0.15) is 5.75 Å². The van der Waals surface area contributed by atoms with Crippen molar-refractivity contribution in [2.45, 2.75) is 38.3 Å². The molecule has 0 amide bonds. The molecule has 128 valence electrons. The number of phenols is 1. The van der Waals surface area contributed by atoms with Crippen molar-refractivity contribution in [2.75, 3.05) is 39.3 Å². The Morgan fingerprint density at radius 1 is 1.30 bits per heavy atom. The van der Waals surface area contributed by atoms with Crippen LogP contribution in [0.2, 0.25) is 5.02 Å². The molecule has 1 aromatic rings. The molecule has 0 aliphatic carbocycles. The zero-order chi connectivity index (χ0) is 16.2. The third-order valence-electron chi connectivity index (χ3n) is 5.21. The van der Waals surface area contributed by atoms with Gasteiger partial charge in [-0.15, -0.1) is 0 Å². The van der Waals surface area contributed by atoms with E-state index in [1.807, 2.05) is 12.1 Å². The maximum atomic E-state index is 9.73. The average Bonchev–Trinajstić information content (AvgIpc) is 3.08. The number of hydrogen-bond acceptors (Lipinski definition) is 4. The Labute approximate surface area is 144 Å². The van der Waals surface area contributed by atoms with Crippen molar-refractivity contribution in [2.24, 2.45) is 0 Å². The molecule has 23 heavy (non-hydrogen) atoms. The Morgan fingerprint density at radius 2 is 2.09 bits per heavy atom. The van der Waals surface area contributed by atoms with E-state index in [0.717, 1.165) is 32.6 Å². The first-order valence-corrected chi connectivity index (χ1v) is 9.23. The van der Waals surface area contributed by atoms with E-state index in [0.29, 0.717) is 17.1 Å². The highest BCUT2D eigenvalue weighted by Crippen LogP contribution is 2.31. The zero-order valence-electron chi connectivity index (χ0n) is 14.0. The molecule has 5 heteroatoms. The minimum atomic E-state index is 0.169. The lowest BCUT2D eigenvalue weighted by Crippen LogP contribution is -2.52. The molecule has 0 aromatic heterocycles. The van der Waals surface area contributed by atoms with E-state index in [1.165, 1.54) is 31.5 Å². The first-order chi connectivity index (χ1) is 11.2. The molecule has 0 saturated carbocycles. The highest BCUT2D eigenvalue weighted by atomic mass is 35.5. The summed E-state index contributed by atoms with van der Waals surface area (Å²) in [6.45, 7) is 8.88. The van der Waals surface area contributed by atoms with Crippen molar-refractivity contribution < 1.29 is 5.11 Å². The summed E-state index contributed by atoms with van der Waals surface area (Å²) < 4.78 is 0. The molecule has 2 aliphatic rings. The average molecular weight is 338 g/mol. The molecule has 2 fully saturated rings. The first-order valence-electron chi connectivity index (χ1n) is 8.85. The van der Waals surface area contributed by atoms with Crippen molar-refractivity contribution >= 4 is 11.6 Å². The molecule has 4 nitrogen and oxygen atoms in total. The number of rotatable bonds is 5. The summed E-state index contributed by atoms with van der Waals surface area (Å²) in [4.78, 5) is 5.15. The van der Waals surface area contributed by atoms with Gasteiger partial charge >= 0.3 is 0 Å². The molecule has 2 atom stereocenters. The van der Waals surface area contributed by atoms with Crippen LogP contribution in [0.4, 0.5) is 0 Å². The third-order valence-corrected chi connectivity index (χ3v) is 5.51. The highest BCUT2D eigenvalue weighted by molar-refractivity contribution is 6.32. The topological polar surface area (TPSA) is 38.7 Å². The number of nitrogens with one attached hydrogen (secondary N) is 1. The van der Waals surface area contributed by atoms with Gasteiger partial charge in [0.05, 0.1) is 5.02 Å². The van der Waals surface area contributed by atoms with Gasteiger partial charge in [0.15, 0.2) is 0 Å². The summed E-state index contributed by atoms with van der Waals surface area (Å²) in [5, 5.41) is 13.8. The SMILES string of the molecule is CCC1CN(C(CN2CCCC2)c2ccc(O)c(Cl)c2)CCN1. The Morgan fingerprint density at radius 3 is 2.78 bits per heavy atom. The second-order valence-electron chi connectivity index (χ2n) is 6.79. The lowest BCUT2D eigenvalue weighted by Gasteiger charge is -2.40. The van der Waals surface area contributed by atoms with Crippen molar-refractivity contribution in [3.8, 4) is 5.75 Å². The van der Waals surface area contributed by atoms with E-state index >= 15 is 0 Å². The van der Waals surface area contributed by atoms with Gasteiger partial charge in [-0.3, -0.25) is 4.90 Å². The second-order valence-corrected chi connectivity index (χ2v) is 7.20. The number of piperazine rings is 1. The molecular formula is C18H28ClN3O. The lowest BCUT2D eigenvalue weighted by molar-refractivity contribution is 0.112. The van der Waals surface area contributed by atoms with Gasteiger partial charge in [-0.25, -0.2) is 0 Å². The Kier molecular flexibility index (Phi) is 5.81. The standard InChI is InChI=1S/C18H28ClN3O/c1-2-15-12-22(10-7-20-15)17(13-21-8-3-4-9-21)14-5-6-18(23)16(19)11-14/h5-6,11,15,17,20,23H,2-4,7-10,12-13H2,1H3. The fraction of sp³-hybridized carbons (Fsp3) is 0.667. The van der Waals surface area contributed by atoms with Crippen LogP contribution in [-0.4, -0.2) is 60.2 Å². The smallest absolute Gasteiger partial charge is 0.134 e. The van der Waals surface area contributed by atoms with Gasteiger partial charge < -0.3 is 15.3 Å². The number of phenolic OH excluding ortho intramolecular Hbond substituents is 1. The van der Waals surface area contributed by atoms with E-state index in [2.05, 4.69) is 22.0 Å². The molecule has 2 aliphatic heterocycles. The molecule has 2 unspecified atom stereocenters. The zero-order valence-corrected chi connectivity index (χ0v) is 14.7. The summed E-state index contributed by atoms with van der Waals surface area (Å²) >= 11 is 6.17. The predicted octanol–water partition coefficient (Wildman–Crippen LogP) is 2.87. The number of aromatic hydroxyl groups is 1. The van der Waals surface area contributed by atoms with Gasteiger partial charge in [0.25, 0.3) is 0 Å².